The Hall–Kier alpha value is -1.20. The summed E-state index contributed by atoms with van der Waals surface area (Å²) in [5.41, 5.74) is 6.74. The fourth-order valence-electron chi connectivity index (χ4n) is 2.36. The number of anilines is 1. The summed E-state index contributed by atoms with van der Waals surface area (Å²) < 4.78 is 5.79. The van der Waals surface area contributed by atoms with E-state index in [0.717, 1.165) is 30.4 Å². The molecule has 0 aromatic carbocycles. The smallest absolute Gasteiger partial charge is 0.133 e. The summed E-state index contributed by atoms with van der Waals surface area (Å²) in [7, 11) is 0. The van der Waals surface area contributed by atoms with Crippen molar-refractivity contribution in [3.8, 4) is 0 Å². The van der Waals surface area contributed by atoms with Gasteiger partial charge in [-0.3, -0.25) is 0 Å². The highest BCUT2D eigenvalue weighted by molar-refractivity contribution is 5.41. The normalized spacial score (nSPS) is 24.0. The van der Waals surface area contributed by atoms with Gasteiger partial charge in [-0.15, -0.1) is 0 Å². The number of hydrogen-bond donors (Lipinski definition) is 1. The summed E-state index contributed by atoms with van der Waals surface area (Å²) >= 11 is 0. The molecular weight excluding hydrogens is 240 g/mol. The van der Waals surface area contributed by atoms with Crippen LogP contribution in [0.25, 0.3) is 0 Å². The SMILES string of the molecule is Cc1cc(N2CC(C)OC(CN)C2)nc(C(C)C)n1. The van der Waals surface area contributed by atoms with E-state index in [4.69, 9.17) is 10.5 Å². The predicted molar refractivity (Wildman–Crippen MR) is 76.5 cm³/mol. The number of morpholine rings is 1. The molecule has 0 radical (unpaired) electrons. The highest BCUT2D eigenvalue weighted by atomic mass is 16.5. The highest BCUT2D eigenvalue weighted by Gasteiger charge is 2.25. The zero-order chi connectivity index (χ0) is 14.0. The third kappa shape index (κ3) is 3.42. The van der Waals surface area contributed by atoms with Crippen molar-refractivity contribution in [1.82, 2.24) is 9.97 Å². The highest BCUT2D eigenvalue weighted by Crippen LogP contribution is 2.21. The molecule has 5 nitrogen and oxygen atoms in total. The number of nitrogens with two attached hydrogens (primary N) is 1. The van der Waals surface area contributed by atoms with Crippen molar-refractivity contribution in [2.75, 3.05) is 24.5 Å². The Morgan fingerprint density at radius 1 is 1.42 bits per heavy atom. The summed E-state index contributed by atoms with van der Waals surface area (Å²) in [4.78, 5) is 11.4. The number of aromatic nitrogens is 2. The van der Waals surface area contributed by atoms with Gasteiger partial charge in [0.25, 0.3) is 0 Å². The van der Waals surface area contributed by atoms with Crippen molar-refractivity contribution in [3.05, 3.63) is 17.6 Å². The summed E-state index contributed by atoms with van der Waals surface area (Å²) in [5.74, 6) is 2.23. The van der Waals surface area contributed by atoms with Crippen LogP contribution in [0.5, 0.6) is 0 Å². The molecule has 0 saturated carbocycles. The number of aryl methyl sites for hydroxylation is 1. The lowest BCUT2D eigenvalue weighted by Crippen LogP contribution is -2.49. The van der Waals surface area contributed by atoms with Gasteiger partial charge in [-0.2, -0.15) is 0 Å². The monoisotopic (exact) mass is 264 g/mol. The molecule has 0 amide bonds. The van der Waals surface area contributed by atoms with Crippen molar-refractivity contribution in [2.24, 2.45) is 5.73 Å². The Kier molecular flexibility index (Phi) is 4.37. The van der Waals surface area contributed by atoms with E-state index in [0.29, 0.717) is 12.5 Å². The van der Waals surface area contributed by atoms with Gasteiger partial charge in [-0.1, -0.05) is 13.8 Å². The van der Waals surface area contributed by atoms with Crippen LogP contribution in [0.4, 0.5) is 5.82 Å². The minimum Gasteiger partial charge on any atom is -0.370 e. The van der Waals surface area contributed by atoms with Crippen molar-refractivity contribution in [2.45, 2.75) is 45.8 Å². The summed E-state index contributed by atoms with van der Waals surface area (Å²) in [6, 6.07) is 2.04. The zero-order valence-corrected chi connectivity index (χ0v) is 12.3. The van der Waals surface area contributed by atoms with Crippen molar-refractivity contribution < 1.29 is 4.74 Å². The van der Waals surface area contributed by atoms with E-state index in [1.165, 1.54) is 0 Å². The molecule has 1 fully saturated rings. The third-order valence-electron chi connectivity index (χ3n) is 3.29. The van der Waals surface area contributed by atoms with Crippen LogP contribution < -0.4 is 10.6 Å². The van der Waals surface area contributed by atoms with Crippen LogP contribution in [-0.2, 0) is 4.74 Å². The van der Waals surface area contributed by atoms with Gasteiger partial charge in [0.15, 0.2) is 0 Å². The van der Waals surface area contributed by atoms with Crippen LogP contribution in [0.3, 0.4) is 0 Å². The molecule has 106 valence electrons. The molecule has 1 aromatic rings. The molecule has 2 atom stereocenters. The van der Waals surface area contributed by atoms with Crippen LogP contribution in [0.2, 0.25) is 0 Å². The van der Waals surface area contributed by atoms with E-state index in [9.17, 15) is 0 Å². The maximum absolute atomic E-state index is 5.79. The Balaban J connectivity index is 2.25. The molecule has 0 spiro atoms. The van der Waals surface area contributed by atoms with Gasteiger partial charge in [0.2, 0.25) is 0 Å². The van der Waals surface area contributed by atoms with Crippen LogP contribution in [0.1, 0.15) is 38.2 Å². The predicted octanol–water partition coefficient (Wildman–Crippen LogP) is 1.46. The second kappa shape index (κ2) is 5.84. The minimum absolute atomic E-state index is 0.0847. The van der Waals surface area contributed by atoms with Crippen LogP contribution in [0.15, 0.2) is 6.07 Å². The number of ether oxygens (including phenoxy) is 1. The average molecular weight is 264 g/mol. The molecule has 2 rings (SSSR count). The van der Waals surface area contributed by atoms with Gasteiger partial charge in [0.05, 0.1) is 12.2 Å². The lowest BCUT2D eigenvalue weighted by molar-refractivity contribution is -0.0107. The molecule has 2 heterocycles. The first-order chi connectivity index (χ1) is 8.99. The van der Waals surface area contributed by atoms with Crippen LogP contribution in [0, 0.1) is 6.92 Å². The standard InChI is InChI=1S/C14H24N4O/c1-9(2)14-16-10(3)5-13(17-14)18-7-11(4)19-12(6-15)8-18/h5,9,11-12H,6-8,15H2,1-4H3. The maximum Gasteiger partial charge on any atom is 0.133 e. The van der Waals surface area contributed by atoms with E-state index >= 15 is 0 Å². The first-order valence-corrected chi connectivity index (χ1v) is 6.95. The number of nitrogens with zero attached hydrogens (tertiary/aromatic N) is 3. The van der Waals surface area contributed by atoms with Gasteiger partial charge >= 0.3 is 0 Å². The van der Waals surface area contributed by atoms with Gasteiger partial charge in [-0.05, 0) is 13.8 Å². The van der Waals surface area contributed by atoms with Gasteiger partial charge < -0.3 is 15.4 Å². The third-order valence-corrected chi connectivity index (χ3v) is 3.29. The molecule has 2 N–H and O–H groups in total. The van der Waals surface area contributed by atoms with E-state index in [2.05, 4.69) is 35.6 Å². The van der Waals surface area contributed by atoms with Crippen LogP contribution >= 0.6 is 0 Å². The Labute approximate surface area is 115 Å². The van der Waals surface area contributed by atoms with Crippen molar-refractivity contribution in [3.63, 3.8) is 0 Å². The molecule has 1 aliphatic heterocycles. The van der Waals surface area contributed by atoms with E-state index in [1.807, 2.05) is 13.0 Å². The van der Waals surface area contributed by atoms with E-state index < -0.39 is 0 Å². The second-order valence-electron chi connectivity index (χ2n) is 5.59. The van der Waals surface area contributed by atoms with E-state index in [-0.39, 0.29) is 12.2 Å². The van der Waals surface area contributed by atoms with Gasteiger partial charge in [0.1, 0.15) is 11.6 Å². The molecule has 1 aliphatic rings. The molecule has 1 aromatic heterocycles. The van der Waals surface area contributed by atoms with Crippen LogP contribution in [-0.4, -0.2) is 41.8 Å². The fourth-order valence-corrected chi connectivity index (χ4v) is 2.36. The topological polar surface area (TPSA) is 64.3 Å². The van der Waals surface area contributed by atoms with Gasteiger partial charge in [-0.25, -0.2) is 9.97 Å². The Bertz CT molecular complexity index is 435. The summed E-state index contributed by atoms with van der Waals surface area (Å²) in [6.45, 7) is 10.5. The lowest BCUT2D eigenvalue weighted by Gasteiger charge is -2.37. The lowest BCUT2D eigenvalue weighted by atomic mass is 10.2. The summed E-state index contributed by atoms with van der Waals surface area (Å²) in [6.07, 6.45) is 0.265. The Morgan fingerprint density at radius 3 is 2.79 bits per heavy atom. The quantitative estimate of drug-likeness (QED) is 0.895. The first-order valence-electron chi connectivity index (χ1n) is 6.95. The molecule has 5 heteroatoms. The molecule has 1 saturated heterocycles. The number of hydrogen-bond acceptors (Lipinski definition) is 5. The molecular formula is C14H24N4O. The van der Waals surface area contributed by atoms with E-state index in [1.54, 1.807) is 0 Å². The minimum atomic E-state index is 0.0847. The second-order valence-corrected chi connectivity index (χ2v) is 5.59. The largest absolute Gasteiger partial charge is 0.370 e. The molecule has 19 heavy (non-hydrogen) atoms. The summed E-state index contributed by atoms with van der Waals surface area (Å²) in [5, 5.41) is 0. The molecule has 2 unspecified atom stereocenters. The Morgan fingerprint density at radius 2 is 2.16 bits per heavy atom. The molecule has 0 bridgehead atoms. The van der Waals surface area contributed by atoms with Crippen molar-refractivity contribution in [1.29, 1.82) is 0 Å². The number of rotatable bonds is 3. The maximum atomic E-state index is 5.79. The van der Waals surface area contributed by atoms with Gasteiger partial charge in [0, 0.05) is 37.3 Å². The zero-order valence-electron chi connectivity index (χ0n) is 12.3. The molecule has 0 aliphatic carbocycles. The first kappa shape index (κ1) is 14.2. The average Bonchev–Trinajstić information content (AvgIpc) is 2.37. The fraction of sp³-hybridized carbons (Fsp3) is 0.714. The van der Waals surface area contributed by atoms with Crippen molar-refractivity contribution >= 4 is 5.82 Å².